The number of hydrogen-bond acceptors (Lipinski definition) is 3. The van der Waals surface area contributed by atoms with Gasteiger partial charge in [0.15, 0.2) is 0 Å². The van der Waals surface area contributed by atoms with Gasteiger partial charge in [0, 0.05) is 12.6 Å². The van der Waals surface area contributed by atoms with Crippen LogP contribution in [0.1, 0.15) is 44.9 Å². The van der Waals surface area contributed by atoms with E-state index in [9.17, 15) is 4.79 Å². The van der Waals surface area contributed by atoms with Crippen molar-refractivity contribution in [2.45, 2.75) is 57.0 Å². The van der Waals surface area contributed by atoms with Crippen LogP contribution in [0, 0.1) is 5.92 Å². The highest BCUT2D eigenvalue weighted by molar-refractivity contribution is 5.70. The Labute approximate surface area is 109 Å². The van der Waals surface area contributed by atoms with Gasteiger partial charge in [-0.25, -0.2) is 4.79 Å². The fourth-order valence-corrected chi connectivity index (χ4v) is 3.80. The van der Waals surface area contributed by atoms with E-state index in [-0.39, 0.29) is 6.09 Å². The third-order valence-electron chi connectivity index (χ3n) is 4.79. The summed E-state index contributed by atoms with van der Waals surface area (Å²) in [6.07, 6.45) is 8.61. The Kier molecular flexibility index (Phi) is 3.73. The van der Waals surface area contributed by atoms with Crippen molar-refractivity contribution in [3.8, 4) is 0 Å². The Balaban J connectivity index is 1.69. The molecule has 1 saturated carbocycles. The largest absolute Gasteiger partial charge is 0.447 e. The van der Waals surface area contributed by atoms with Crippen LogP contribution in [0.3, 0.4) is 0 Å². The molecule has 2 heterocycles. The van der Waals surface area contributed by atoms with Crippen molar-refractivity contribution in [1.29, 1.82) is 0 Å². The molecular formula is C14H24N2O2. The fourth-order valence-electron chi connectivity index (χ4n) is 3.80. The summed E-state index contributed by atoms with van der Waals surface area (Å²) < 4.78 is 5.34. The molecule has 2 aliphatic heterocycles. The van der Waals surface area contributed by atoms with Crippen LogP contribution in [0.15, 0.2) is 0 Å². The topological polar surface area (TPSA) is 41.6 Å². The first-order valence-electron chi connectivity index (χ1n) is 7.52. The first-order chi connectivity index (χ1) is 8.86. The molecule has 2 atom stereocenters. The molecule has 3 fully saturated rings. The molecule has 1 N–H and O–H groups in total. The number of piperidine rings is 1. The highest BCUT2D eigenvalue weighted by atomic mass is 16.6. The molecule has 1 amide bonds. The maximum atomic E-state index is 12.0. The van der Waals surface area contributed by atoms with E-state index in [1.807, 2.05) is 0 Å². The lowest BCUT2D eigenvalue weighted by Gasteiger charge is -2.38. The lowest BCUT2D eigenvalue weighted by atomic mass is 9.88. The van der Waals surface area contributed by atoms with Crippen molar-refractivity contribution >= 4 is 6.09 Å². The average Bonchev–Trinajstić information content (AvgIpc) is 2.83. The molecule has 1 aliphatic carbocycles. The summed E-state index contributed by atoms with van der Waals surface area (Å²) in [7, 11) is 0. The zero-order chi connectivity index (χ0) is 12.4. The second kappa shape index (κ2) is 5.47. The molecule has 18 heavy (non-hydrogen) atoms. The lowest BCUT2D eigenvalue weighted by molar-refractivity contribution is 0.114. The van der Waals surface area contributed by atoms with Gasteiger partial charge < -0.3 is 10.1 Å². The van der Waals surface area contributed by atoms with E-state index >= 15 is 0 Å². The predicted octanol–water partition coefficient (Wildman–Crippen LogP) is 2.14. The Hall–Kier alpha value is -0.770. The van der Waals surface area contributed by atoms with E-state index in [1.54, 1.807) is 0 Å². The molecule has 0 radical (unpaired) electrons. The summed E-state index contributed by atoms with van der Waals surface area (Å²) in [5, 5.41) is 3.46. The number of nitrogens with zero attached hydrogens (tertiary/aromatic N) is 1. The van der Waals surface area contributed by atoms with Gasteiger partial charge in [-0.15, -0.1) is 0 Å². The van der Waals surface area contributed by atoms with Crippen LogP contribution < -0.4 is 5.32 Å². The Bertz CT molecular complexity index is 296. The van der Waals surface area contributed by atoms with Crippen molar-refractivity contribution < 1.29 is 9.53 Å². The monoisotopic (exact) mass is 252 g/mol. The average molecular weight is 252 g/mol. The SMILES string of the molecule is O=C1OCC(C2CCCNC2)N1C1CCCCC1. The fraction of sp³-hybridized carbons (Fsp3) is 0.929. The number of carbonyl (C=O) groups is 1. The van der Waals surface area contributed by atoms with Crippen LogP contribution in [0.25, 0.3) is 0 Å². The zero-order valence-electron chi connectivity index (χ0n) is 11.1. The van der Waals surface area contributed by atoms with Crippen LogP contribution in [-0.2, 0) is 4.74 Å². The molecule has 3 aliphatic rings. The van der Waals surface area contributed by atoms with Gasteiger partial charge >= 0.3 is 6.09 Å². The van der Waals surface area contributed by atoms with E-state index in [0.717, 1.165) is 13.1 Å². The van der Waals surface area contributed by atoms with Gasteiger partial charge in [-0.3, -0.25) is 4.90 Å². The minimum Gasteiger partial charge on any atom is -0.447 e. The van der Waals surface area contributed by atoms with Crippen molar-refractivity contribution in [3.63, 3.8) is 0 Å². The number of amides is 1. The van der Waals surface area contributed by atoms with Gasteiger partial charge in [-0.1, -0.05) is 19.3 Å². The Morgan fingerprint density at radius 1 is 1.11 bits per heavy atom. The Morgan fingerprint density at radius 3 is 2.67 bits per heavy atom. The second-order valence-corrected chi connectivity index (χ2v) is 5.95. The summed E-state index contributed by atoms with van der Waals surface area (Å²) in [6, 6.07) is 0.772. The van der Waals surface area contributed by atoms with Crippen LogP contribution in [-0.4, -0.2) is 42.8 Å². The van der Waals surface area contributed by atoms with Crippen molar-refractivity contribution in [3.05, 3.63) is 0 Å². The highest BCUT2D eigenvalue weighted by Crippen LogP contribution is 2.32. The van der Waals surface area contributed by atoms with Gasteiger partial charge in [-0.05, 0) is 38.1 Å². The van der Waals surface area contributed by atoms with Gasteiger partial charge in [0.25, 0.3) is 0 Å². The number of rotatable bonds is 2. The lowest BCUT2D eigenvalue weighted by Crippen LogP contribution is -2.50. The molecule has 0 bridgehead atoms. The molecule has 3 rings (SSSR count). The second-order valence-electron chi connectivity index (χ2n) is 5.95. The molecule has 2 saturated heterocycles. The van der Waals surface area contributed by atoms with Crippen LogP contribution >= 0.6 is 0 Å². The van der Waals surface area contributed by atoms with Crippen molar-refractivity contribution in [2.24, 2.45) is 5.92 Å². The molecule has 2 unspecified atom stereocenters. The predicted molar refractivity (Wildman–Crippen MR) is 69.4 cm³/mol. The molecule has 0 spiro atoms. The third kappa shape index (κ3) is 2.35. The van der Waals surface area contributed by atoms with E-state index in [1.165, 1.54) is 44.9 Å². The van der Waals surface area contributed by atoms with E-state index in [2.05, 4.69) is 10.2 Å². The number of carbonyl (C=O) groups excluding carboxylic acids is 1. The van der Waals surface area contributed by atoms with E-state index < -0.39 is 0 Å². The summed E-state index contributed by atoms with van der Waals surface area (Å²) in [5.41, 5.74) is 0. The van der Waals surface area contributed by atoms with Crippen molar-refractivity contribution in [2.75, 3.05) is 19.7 Å². The minimum atomic E-state index is -0.0579. The summed E-state index contributed by atoms with van der Waals surface area (Å²) in [4.78, 5) is 14.1. The third-order valence-corrected chi connectivity index (χ3v) is 4.79. The van der Waals surface area contributed by atoms with Gasteiger partial charge in [0.1, 0.15) is 6.61 Å². The van der Waals surface area contributed by atoms with Crippen LogP contribution in [0.4, 0.5) is 4.79 Å². The number of nitrogens with one attached hydrogen (secondary N) is 1. The number of cyclic esters (lactones) is 1. The summed E-state index contributed by atoms with van der Waals surface area (Å²) in [6.45, 7) is 2.79. The van der Waals surface area contributed by atoms with Crippen LogP contribution in [0.5, 0.6) is 0 Å². The number of hydrogen-bond donors (Lipinski definition) is 1. The first kappa shape index (κ1) is 12.3. The standard InChI is InChI=1S/C14H24N2O2/c17-14-16(12-6-2-1-3-7-12)13(10-18-14)11-5-4-8-15-9-11/h11-13,15H,1-10H2. The molecule has 4 nitrogen and oxygen atoms in total. The normalized spacial score (nSPS) is 34.7. The molecule has 0 aromatic rings. The quantitative estimate of drug-likeness (QED) is 0.818. The molecule has 0 aromatic carbocycles. The molecule has 4 heteroatoms. The van der Waals surface area contributed by atoms with Gasteiger partial charge in [0.2, 0.25) is 0 Å². The van der Waals surface area contributed by atoms with E-state index in [0.29, 0.717) is 24.6 Å². The van der Waals surface area contributed by atoms with E-state index in [4.69, 9.17) is 4.74 Å². The van der Waals surface area contributed by atoms with Crippen LogP contribution in [0.2, 0.25) is 0 Å². The maximum Gasteiger partial charge on any atom is 0.410 e. The van der Waals surface area contributed by atoms with Gasteiger partial charge in [-0.2, -0.15) is 0 Å². The molecular weight excluding hydrogens is 228 g/mol. The first-order valence-corrected chi connectivity index (χ1v) is 7.52. The molecule has 0 aromatic heterocycles. The van der Waals surface area contributed by atoms with Gasteiger partial charge in [0.05, 0.1) is 6.04 Å². The smallest absolute Gasteiger partial charge is 0.410 e. The summed E-state index contributed by atoms with van der Waals surface area (Å²) >= 11 is 0. The Morgan fingerprint density at radius 2 is 1.94 bits per heavy atom. The zero-order valence-corrected chi connectivity index (χ0v) is 11.1. The maximum absolute atomic E-state index is 12.0. The number of ether oxygens (including phenoxy) is 1. The minimum absolute atomic E-state index is 0.0579. The highest BCUT2D eigenvalue weighted by Gasteiger charge is 2.42. The summed E-state index contributed by atoms with van der Waals surface area (Å²) in [5.74, 6) is 0.590. The van der Waals surface area contributed by atoms with Crippen molar-refractivity contribution in [1.82, 2.24) is 10.2 Å². The molecule has 102 valence electrons.